The van der Waals surface area contributed by atoms with Crippen LogP contribution in [0.4, 0.5) is 0 Å². The molecule has 0 aliphatic heterocycles. The smallest absolute Gasteiger partial charge is 0.191 e. The van der Waals surface area contributed by atoms with Gasteiger partial charge in [0, 0.05) is 13.0 Å². The Labute approximate surface area is 82.8 Å². The molecule has 0 radical (unpaired) electrons. The summed E-state index contributed by atoms with van der Waals surface area (Å²) in [6.45, 7) is 13.2. The number of hydrogen-bond donors (Lipinski definition) is 0. The number of carbonyl (C=O) groups excluding carboxylic acids is 1. The number of carbonyl (C=O) groups is 1. The van der Waals surface area contributed by atoms with E-state index in [2.05, 4.69) is 33.9 Å². The molecule has 0 aliphatic rings. The molecule has 0 aliphatic carbocycles. The number of hydrogen-bond acceptors (Lipinski definition) is 2. The molecule has 0 amide bonds. The lowest BCUT2D eigenvalue weighted by Gasteiger charge is -2.36. The summed E-state index contributed by atoms with van der Waals surface area (Å²) in [5, 5.41) is 0.240. The second-order valence-electron chi connectivity index (χ2n) is 5.06. The standard InChI is InChI=1S/C10H22O2Si/c1-9(11)7-8-12-13(5,6)10(2,3)4/h7-8H2,1-6H3. The van der Waals surface area contributed by atoms with Gasteiger partial charge in [-0.2, -0.15) is 0 Å². The highest BCUT2D eigenvalue weighted by atomic mass is 28.4. The maximum Gasteiger partial charge on any atom is 0.191 e. The molecule has 0 aromatic rings. The first-order chi connectivity index (χ1) is 5.67. The first-order valence-corrected chi connectivity index (χ1v) is 7.71. The molecule has 2 nitrogen and oxygen atoms in total. The average Bonchev–Trinajstić information content (AvgIpc) is 1.82. The van der Waals surface area contributed by atoms with Gasteiger partial charge in [-0.1, -0.05) is 20.8 Å². The van der Waals surface area contributed by atoms with Crippen molar-refractivity contribution in [1.82, 2.24) is 0 Å². The maximum atomic E-state index is 10.7. The highest BCUT2D eigenvalue weighted by Crippen LogP contribution is 2.36. The number of ketones is 1. The Morgan fingerprint density at radius 2 is 1.77 bits per heavy atom. The molecule has 13 heavy (non-hydrogen) atoms. The van der Waals surface area contributed by atoms with Crippen LogP contribution in [0.2, 0.25) is 18.1 Å². The Hall–Kier alpha value is -0.153. The van der Waals surface area contributed by atoms with Crippen molar-refractivity contribution in [3.05, 3.63) is 0 Å². The minimum Gasteiger partial charge on any atom is -0.416 e. The van der Waals surface area contributed by atoms with E-state index in [0.29, 0.717) is 13.0 Å². The van der Waals surface area contributed by atoms with Crippen LogP contribution in [0.1, 0.15) is 34.1 Å². The lowest BCUT2D eigenvalue weighted by molar-refractivity contribution is -0.117. The Kier molecular flexibility index (Phi) is 4.32. The molecular weight excluding hydrogens is 180 g/mol. The van der Waals surface area contributed by atoms with Crippen LogP contribution in [0.25, 0.3) is 0 Å². The summed E-state index contributed by atoms with van der Waals surface area (Å²) in [4.78, 5) is 10.7. The van der Waals surface area contributed by atoms with Crippen molar-refractivity contribution in [2.45, 2.75) is 52.2 Å². The van der Waals surface area contributed by atoms with Gasteiger partial charge in [0.25, 0.3) is 0 Å². The van der Waals surface area contributed by atoms with Gasteiger partial charge in [-0.25, -0.2) is 0 Å². The minimum atomic E-state index is -1.62. The molecule has 0 aromatic carbocycles. The zero-order valence-corrected chi connectivity index (χ0v) is 10.7. The molecule has 0 heterocycles. The van der Waals surface area contributed by atoms with Crippen LogP contribution in [0.5, 0.6) is 0 Å². The fourth-order valence-corrected chi connectivity index (χ4v) is 1.71. The van der Waals surface area contributed by atoms with E-state index in [-0.39, 0.29) is 10.8 Å². The summed E-state index contributed by atoms with van der Waals surface area (Å²) < 4.78 is 5.82. The lowest BCUT2D eigenvalue weighted by atomic mass is 10.2. The summed E-state index contributed by atoms with van der Waals surface area (Å²) in [7, 11) is -1.62. The van der Waals surface area contributed by atoms with Crippen LogP contribution >= 0.6 is 0 Å². The van der Waals surface area contributed by atoms with Gasteiger partial charge in [0.05, 0.1) is 0 Å². The van der Waals surface area contributed by atoms with Crippen LogP contribution in [-0.4, -0.2) is 20.7 Å². The quantitative estimate of drug-likeness (QED) is 0.655. The van der Waals surface area contributed by atoms with Gasteiger partial charge in [0.1, 0.15) is 5.78 Å². The topological polar surface area (TPSA) is 26.3 Å². The van der Waals surface area contributed by atoms with Crippen molar-refractivity contribution >= 4 is 14.1 Å². The highest BCUT2D eigenvalue weighted by Gasteiger charge is 2.36. The third kappa shape index (κ3) is 4.57. The summed E-state index contributed by atoms with van der Waals surface area (Å²) in [6.07, 6.45) is 0.548. The van der Waals surface area contributed by atoms with E-state index in [4.69, 9.17) is 4.43 Å². The van der Waals surface area contributed by atoms with E-state index in [0.717, 1.165) is 0 Å². The van der Waals surface area contributed by atoms with E-state index in [1.165, 1.54) is 0 Å². The molecule has 0 fully saturated rings. The number of rotatable bonds is 4. The van der Waals surface area contributed by atoms with E-state index in [9.17, 15) is 4.79 Å². The van der Waals surface area contributed by atoms with Crippen molar-refractivity contribution < 1.29 is 9.22 Å². The van der Waals surface area contributed by atoms with Gasteiger partial charge in [-0.3, -0.25) is 4.79 Å². The van der Waals surface area contributed by atoms with Crippen molar-refractivity contribution in [1.29, 1.82) is 0 Å². The van der Waals surface area contributed by atoms with Crippen molar-refractivity contribution in [2.75, 3.05) is 6.61 Å². The largest absolute Gasteiger partial charge is 0.416 e. The van der Waals surface area contributed by atoms with Crippen LogP contribution in [0, 0.1) is 0 Å². The second-order valence-corrected chi connectivity index (χ2v) is 9.87. The number of Topliss-reactive ketones (excluding diaryl/α,β-unsaturated/α-hetero) is 1. The zero-order valence-electron chi connectivity index (χ0n) is 9.73. The fraction of sp³-hybridized carbons (Fsp3) is 0.900. The van der Waals surface area contributed by atoms with E-state index < -0.39 is 8.32 Å². The molecule has 0 spiro atoms. The Bertz CT molecular complexity index is 180. The van der Waals surface area contributed by atoms with Crippen molar-refractivity contribution in [3.63, 3.8) is 0 Å². The average molecular weight is 202 g/mol. The minimum absolute atomic E-state index is 0.207. The third-order valence-corrected chi connectivity index (χ3v) is 7.26. The van der Waals surface area contributed by atoms with Crippen molar-refractivity contribution in [3.8, 4) is 0 Å². The molecule has 0 aromatic heterocycles. The molecule has 0 N–H and O–H groups in total. The SMILES string of the molecule is CC(=O)CCO[Si](C)(C)C(C)(C)C. The molecule has 0 saturated heterocycles. The molecule has 0 saturated carbocycles. The molecule has 3 heteroatoms. The summed E-state index contributed by atoms with van der Waals surface area (Å²) in [5.74, 6) is 0.207. The monoisotopic (exact) mass is 202 g/mol. The van der Waals surface area contributed by atoms with Crippen LogP contribution < -0.4 is 0 Å². The summed E-state index contributed by atoms with van der Waals surface area (Å²) in [5.41, 5.74) is 0. The molecule has 0 unspecified atom stereocenters. The molecule has 0 rings (SSSR count). The van der Waals surface area contributed by atoms with E-state index in [1.54, 1.807) is 6.92 Å². The summed E-state index contributed by atoms with van der Waals surface area (Å²) in [6, 6.07) is 0. The van der Waals surface area contributed by atoms with Crippen LogP contribution in [0.3, 0.4) is 0 Å². The third-order valence-electron chi connectivity index (χ3n) is 2.72. The molecule has 0 atom stereocenters. The molecule has 0 bridgehead atoms. The summed E-state index contributed by atoms with van der Waals surface area (Å²) >= 11 is 0. The first kappa shape index (κ1) is 12.8. The normalized spacial score (nSPS) is 13.1. The maximum absolute atomic E-state index is 10.7. The van der Waals surface area contributed by atoms with Crippen LogP contribution in [0.15, 0.2) is 0 Å². The van der Waals surface area contributed by atoms with E-state index >= 15 is 0 Å². The van der Waals surface area contributed by atoms with Gasteiger partial charge in [0.2, 0.25) is 0 Å². The molecular formula is C10H22O2Si. The van der Waals surface area contributed by atoms with Gasteiger partial charge in [-0.05, 0) is 25.1 Å². The van der Waals surface area contributed by atoms with E-state index in [1.807, 2.05) is 0 Å². The highest BCUT2D eigenvalue weighted by molar-refractivity contribution is 6.74. The second kappa shape index (κ2) is 4.38. The first-order valence-electron chi connectivity index (χ1n) is 4.80. The van der Waals surface area contributed by atoms with Crippen LogP contribution in [-0.2, 0) is 9.22 Å². The fourth-order valence-electron chi connectivity index (χ4n) is 0.666. The predicted octanol–water partition coefficient (Wildman–Crippen LogP) is 2.99. The predicted molar refractivity (Wildman–Crippen MR) is 58.4 cm³/mol. The molecule has 78 valence electrons. The van der Waals surface area contributed by atoms with Crippen molar-refractivity contribution in [2.24, 2.45) is 0 Å². The Balaban J connectivity index is 3.97. The zero-order chi connectivity index (χ0) is 10.7. The van der Waals surface area contributed by atoms with Gasteiger partial charge in [0.15, 0.2) is 8.32 Å². The lowest BCUT2D eigenvalue weighted by Crippen LogP contribution is -2.41. The van der Waals surface area contributed by atoms with Gasteiger partial charge < -0.3 is 4.43 Å². The van der Waals surface area contributed by atoms with Gasteiger partial charge in [-0.15, -0.1) is 0 Å². The Morgan fingerprint density at radius 1 is 1.31 bits per heavy atom. The Morgan fingerprint density at radius 3 is 2.08 bits per heavy atom. The van der Waals surface area contributed by atoms with Gasteiger partial charge >= 0.3 is 0 Å².